The highest BCUT2D eigenvalue weighted by atomic mass is 32.1. The summed E-state index contributed by atoms with van der Waals surface area (Å²) in [5, 5.41) is 10.7. The standard InChI is InChI=1S/C26H15NS/c1-2-9-18-16(8-1)23-20(24-19-10-4-6-12-22(19)28-26(18)24)14-13-17-15-7-3-5-11-21(15)27-25(17)23/h1-14,27H. The predicted octanol–water partition coefficient (Wildman–Crippen LogP) is 8.00. The number of nitrogens with one attached hydrogen (secondary N) is 1. The molecule has 0 fully saturated rings. The number of para-hydroxylation sites is 1. The van der Waals surface area contributed by atoms with E-state index in [1.165, 1.54) is 63.5 Å². The Hall–Kier alpha value is -3.36. The number of hydrogen-bond donors (Lipinski definition) is 1. The quantitative estimate of drug-likeness (QED) is 0.259. The van der Waals surface area contributed by atoms with Crippen LogP contribution in [-0.4, -0.2) is 4.98 Å². The van der Waals surface area contributed by atoms with Crippen LogP contribution in [0.1, 0.15) is 0 Å². The van der Waals surface area contributed by atoms with Crippen LogP contribution >= 0.6 is 11.3 Å². The Morgan fingerprint density at radius 2 is 1.18 bits per heavy atom. The number of aromatic nitrogens is 1. The van der Waals surface area contributed by atoms with E-state index in [-0.39, 0.29) is 0 Å². The van der Waals surface area contributed by atoms with E-state index in [1.807, 2.05) is 11.3 Å². The number of aromatic amines is 1. The van der Waals surface area contributed by atoms with Crippen LogP contribution in [0.2, 0.25) is 0 Å². The van der Waals surface area contributed by atoms with E-state index in [1.54, 1.807) is 0 Å². The van der Waals surface area contributed by atoms with Crippen LogP contribution in [0.25, 0.3) is 63.5 Å². The zero-order valence-corrected chi connectivity index (χ0v) is 15.8. The topological polar surface area (TPSA) is 15.8 Å². The van der Waals surface area contributed by atoms with Crippen molar-refractivity contribution in [2.45, 2.75) is 0 Å². The SMILES string of the molecule is c1ccc2c(c1)[nH]c1c2ccc2c1c1ccccc1c1sc3ccccc3c21. The third kappa shape index (κ3) is 1.71. The Morgan fingerprint density at radius 1 is 0.500 bits per heavy atom. The van der Waals surface area contributed by atoms with Crippen LogP contribution in [0.3, 0.4) is 0 Å². The summed E-state index contributed by atoms with van der Waals surface area (Å²) in [6.45, 7) is 0. The Morgan fingerprint density at radius 3 is 2.07 bits per heavy atom. The van der Waals surface area contributed by atoms with Crippen molar-refractivity contribution in [3.05, 3.63) is 84.9 Å². The maximum absolute atomic E-state index is 3.72. The van der Waals surface area contributed by atoms with Gasteiger partial charge in [-0.2, -0.15) is 0 Å². The molecule has 0 unspecified atom stereocenters. The van der Waals surface area contributed by atoms with E-state index in [4.69, 9.17) is 0 Å². The van der Waals surface area contributed by atoms with Crippen molar-refractivity contribution < 1.29 is 0 Å². The number of benzene rings is 5. The van der Waals surface area contributed by atoms with Crippen LogP contribution < -0.4 is 0 Å². The Kier molecular flexibility index (Phi) is 2.68. The summed E-state index contributed by atoms with van der Waals surface area (Å²) in [7, 11) is 0. The molecule has 5 aromatic carbocycles. The monoisotopic (exact) mass is 373 g/mol. The first-order valence-corrected chi connectivity index (χ1v) is 10.4. The molecule has 7 rings (SSSR count). The van der Waals surface area contributed by atoms with Gasteiger partial charge < -0.3 is 4.98 Å². The second kappa shape index (κ2) is 5.12. The summed E-state index contributed by atoms with van der Waals surface area (Å²) in [5.41, 5.74) is 2.44. The second-order valence-electron chi connectivity index (χ2n) is 7.43. The van der Waals surface area contributed by atoms with E-state index in [0.717, 1.165) is 0 Å². The van der Waals surface area contributed by atoms with E-state index in [2.05, 4.69) is 89.9 Å². The van der Waals surface area contributed by atoms with Crippen molar-refractivity contribution in [1.29, 1.82) is 0 Å². The molecule has 0 spiro atoms. The third-order valence-electron chi connectivity index (χ3n) is 5.99. The second-order valence-corrected chi connectivity index (χ2v) is 8.48. The summed E-state index contributed by atoms with van der Waals surface area (Å²) >= 11 is 1.91. The fraction of sp³-hybridized carbons (Fsp3) is 0. The zero-order valence-electron chi connectivity index (χ0n) is 15.0. The van der Waals surface area contributed by atoms with E-state index in [0.29, 0.717) is 0 Å². The first-order valence-electron chi connectivity index (χ1n) is 9.55. The summed E-state index contributed by atoms with van der Waals surface area (Å²) in [4.78, 5) is 3.72. The van der Waals surface area contributed by atoms with Gasteiger partial charge in [-0.3, -0.25) is 0 Å². The molecule has 0 bridgehead atoms. The van der Waals surface area contributed by atoms with Gasteiger partial charge in [-0.15, -0.1) is 11.3 Å². The van der Waals surface area contributed by atoms with Gasteiger partial charge in [0.05, 0.1) is 5.52 Å². The van der Waals surface area contributed by atoms with Crippen molar-refractivity contribution >= 4 is 74.9 Å². The lowest BCUT2D eigenvalue weighted by Crippen LogP contribution is -1.82. The van der Waals surface area contributed by atoms with Gasteiger partial charge in [0.1, 0.15) is 0 Å². The third-order valence-corrected chi connectivity index (χ3v) is 7.19. The van der Waals surface area contributed by atoms with Gasteiger partial charge in [0.15, 0.2) is 0 Å². The van der Waals surface area contributed by atoms with E-state index in [9.17, 15) is 0 Å². The van der Waals surface area contributed by atoms with Crippen molar-refractivity contribution in [2.24, 2.45) is 0 Å². The van der Waals surface area contributed by atoms with Gasteiger partial charge in [-0.05, 0) is 22.9 Å². The molecule has 130 valence electrons. The summed E-state index contributed by atoms with van der Waals surface area (Å²) in [5.74, 6) is 0. The van der Waals surface area contributed by atoms with Crippen molar-refractivity contribution in [1.82, 2.24) is 4.98 Å². The normalized spacial score (nSPS) is 12.3. The average molecular weight is 373 g/mol. The molecule has 0 saturated carbocycles. The van der Waals surface area contributed by atoms with Crippen LogP contribution in [0.5, 0.6) is 0 Å². The molecule has 1 N–H and O–H groups in total. The molecule has 2 heterocycles. The van der Waals surface area contributed by atoms with E-state index >= 15 is 0 Å². The molecule has 1 nitrogen and oxygen atoms in total. The Balaban J connectivity index is 1.88. The molecular weight excluding hydrogens is 358 g/mol. The Labute approximate surface area is 164 Å². The number of rotatable bonds is 0. The first-order chi connectivity index (χ1) is 13.9. The number of H-pyrrole nitrogens is 1. The number of hydrogen-bond acceptors (Lipinski definition) is 1. The average Bonchev–Trinajstić information content (AvgIpc) is 3.32. The summed E-state index contributed by atoms with van der Waals surface area (Å²) in [6.07, 6.45) is 0. The van der Waals surface area contributed by atoms with Crippen LogP contribution in [0.4, 0.5) is 0 Å². The molecule has 0 aliphatic heterocycles. The number of thiophene rings is 1. The fourth-order valence-electron chi connectivity index (χ4n) is 4.81. The van der Waals surface area contributed by atoms with Crippen LogP contribution in [0, 0.1) is 0 Å². The van der Waals surface area contributed by atoms with Gasteiger partial charge in [0, 0.05) is 47.2 Å². The van der Waals surface area contributed by atoms with Crippen molar-refractivity contribution in [3.8, 4) is 0 Å². The summed E-state index contributed by atoms with van der Waals surface area (Å²) < 4.78 is 2.74. The molecule has 0 aliphatic rings. The van der Waals surface area contributed by atoms with Gasteiger partial charge in [-0.1, -0.05) is 72.8 Å². The maximum atomic E-state index is 3.72. The van der Waals surface area contributed by atoms with Crippen molar-refractivity contribution in [3.63, 3.8) is 0 Å². The van der Waals surface area contributed by atoms with E-state index < -0.39 is 0 Å². The molecule has 2 aromatic heterocycles. The van der Waals surface area contributed by atoms with Gasteiger partial charge >= 0.3 is 0 Å². The molecule has 2 heteroatoms. The highest BCUT2D eigenvalue weighted by Crippen LogP contribution is 2.46. The molecule has 0 atom stereocenters. The molecule has 28 heavy (non-hydrogen) atoms. The van der Waals surface area contributed by atoms with Gasteiger partial charge in [0.2, 0.25) is 0 Å². The molecular formula is C26H15NS. The fourth-order valence-corrected chi connectivity index (χ4v) is 6.06. The first kappa shape index (κ1) is 14.7. The predicted molar refractivity (Wildman–Crippen MR) is 124 cm³/mol. The highest BCUT2D eigenvalue weighted by Gasteiger charge is 2.17. The zero-order chi connectivity index (χ0) is 18.2. The smallest absolute Gasteiger partial charge is 0.0551 e. The lowest BCUT2D eigenvalue weighted by atomic mass is 9.95. The van der Waals surface area contributed by atoms with Gasteiger partial charge in [0.25, 0.3) is 0 Å². The maximum Gasteiger partial charge on any atom is 0.0551 e. The highest BCUT2D eigenvalue weighted by molar-refractivity contribution is 7.27. The van der Waals surface area contributed by atoms with Crippen LogP contribution in [0.15, 0.2) is 84.9 Å². The van der Waals surface area contributed by atoms with Crippen molar-refractivity contribution in [2.75, 3.05) is 0 Å². The molecule has 0 amide bonds. The molecule has 7 aromatic rings. The minimum atomic E-state index is 1.20. The minimum Gasteiger partial charge on any atom is -0.354 e. The lowest BCUT2D eigenvalue weighted by molar-refractivity contribution is 1.57. The molecule has 0 radical (unpaired) electrons. The number of fused-ring (bicyclic) bond motifs is 12. The Bertz CT molecular complexity index is 1720. The lowest BCUT2D eigenvalue weighted by Gasteiger charge is -2.09. The molecule has 0 saturated heterocycles. The largest absolute Gasteiger partial charge is 0.354 e. The van der Waals surface area contributed by atoms with Crippen LogP contribution in [-0.2, 0) is 0 Å². The molecule has 0 aliphatic carbocycles. The summed E-state index contributed by atoms with van der Waals surface area (Å²) in [6, 6.07) is 30.8. The van der Waals surface area contributed by atoms with Gasteiger partial charge in [-0.25, -0.2) is 0 Å². The minimum absolute atomic E-state index is 1.20.